The molecule has 6 nitrogen and oxygen atoms in total. The van der Waals surface area contributed by atoms with Crippen molar-refractivity contribution in [3.8, 4) is 0 Å². The van der Waals surface area contributed by atoms with Crippen LogP contribution in [-0.4, -0.2) is 45.4 Å². The summed E-state index contributed by atoms with van der Waals surface area (Å²) in [6.45, 7) is 4.13. The maximum atomic E-state index is 12.5. The lowest BCUT2D eigenvalue weighted by Gasteiger charge is -2.28. The molecule has 0 bridgehead atoms. The third kappa shape index (κ3) is 4.34. The molecule has 0 aliphatic carbocycles. The number of hydrogen-bond acceptors (Lipinski definition) is 4. The van der Waals surface area contributed by atoms with E-state index in [0.717, 1.165) is 42.7 Å². The predicted octanol–water partition coefficient (Wildman–Crippen LogP) is 3.27. The Labute approximate surface area is 181 Å². The second kappa shape index (κ2) is 8.70. The fourth-order valence-corrected chi connectivity index (χ4v) is 4.14. The molecule has 0 saturated heterocycles. The molecule has 0 fully saturated rings. The zero-order chi connectivity index (χ0) is 21.0. The Morgan fingerprint density at radius 1 is 0.935 bits per heavy atom. The van der Waals surface area contributed by atoms with Crippen molar-refractivity contribution < 1.29 is 4.79 Å². The highest BCUT2D eigenvalue weighted by atomic mass is 16.1. The number of nitrogens with one attached hydrogen (secondary N) is 1. The quantitative estimate of drug-likeness (QED) is 0.529. The molecule has 1 amide bonds. The topological polar surface area (TPSA) is 63.1 Å². The highest BCUT2D eigenvalue weighted by molar-refractivity contribution is 5.94. The van der Waals surface area contributed by atoms with Crippen LogP contribution >= 0.6 is 0 Å². The van der Waals surface area contributed by atoms with Gasteiger partial charge in [0, 0.05) is 31.7 Å². The van der Waals surface area contributed by atoms with Crippen LogP contribution in [0.5, 0.6) is 0 Å². The van der Waals surface area contributed by atoms with Gasteiger partial charge in [-0.3, -0.25) is 9.69 Å². The van der Waals surface area contributed by atoms with E-state index in [0.29, 0.717) is 18.7 Å². The third-order valence-corrected chi connectivity index (χ3v) is 5.89. The monoisotopic (exact) mass is 411 g/mol. The van der Waals surface area contributed by atoms with Crippen molar-refractivity contribution in [2.45, 2.75) is 19.5 Å². The summed E-state index contributed by atoms with van der Waals surface area (Å²) in [5.74, 6) is -0.0323. The van der Waals surface area contributed by atoms with Gasteiger partial charge in [0.2, 0.25) is 0 Å². The Balaban J connectivity index is 1.14. The van der Waals surface area contributed by atoms with E-state index < -0.39 is 0 Å². The molecule has 0 atom stereocenters. The van der Waals surface area contributed by atoms with Gasteiger partial charge in [-0.1, -0.05) is 53.7 Å². The lowest BCUT2D eigenvalue weighted by atomic mass is 10.00. The Hall–Kier alpha value is -3.51. The largest absolute Gasteiger partial charge is 0.351 e. The molecule has 0 radical (unpaired) electrons. The molecule has 4 aromatic rings. The van der Waals surface area contributed by atoms with E-state index in [9.17, 15) is 4.79 Å². The Bertz CT molecular complexity index is 1200. The van der Waals surface area contributed by atoms with E-state index in [4.69, 9.17) is 0 Å². The minimum absolute atomic E-state index is 0.0323. The first-order chi connectivity index (χ1) is 15.3. The van der Waals surface area contributed by atoms with Crippen LogP contribution < -0.4 is 5.32 Å². The van der Waals surface area contributed by atoms with Gasteiger partial charge < -0.3 is 5.32 Å². The first kappa shape index (κ1) is 19.5. The number of rotatable bonds is 6. The SMILES string of the molecule is O=C(NCCN1CCc2ccccc2C1)c1ccc(Cn2nnc3ccccc32)cc1. The number of carbonyl (C=O) groups excluding carboxylic acids is 1. The van der Waals surface area contributed by atoms with Crippen LogP contribution in [-0.2, 0) is 19.5 Å². The van der Waals surface area contributed by atoms with E-state index in [1.54, 1.807) is 0 Å². The van der Waals surface area contributed by atoms with Gasteiger partial charge in [0.15, 0.2) is 0 Å². The van der Waals surface area contributed by atoms with Crippen molar-refractivity contribution in [2.75, 3.05) is 19.6 Å². The number of hydrogen-bond donors (Lipinski definition) is 1. The zero-order valence-corrected chi connectivity index (χ0v) is 17.4. The molecule has 0 spiro atoms. The summed E-state index contributed by atoms with van der Waals surface area (Å²) < 4.78 is 1.88. The standard InChI is InChI=1S/C25H25N5O/c31-25(26-14-16-29-15-13-20-5-1-2-6-22(20)18-29)21-11-9-19(10-12-21)17-30-24-8-4-3-7-23(24)27-28-30/h1-12H,13-18H2,(H,26,31). The van der Waals surface area contributed by atoms with E-state index in [2.05, 4.69) is 44.8 Å². The molecule has 3 aromatic carbocycles. The number of amides is 1. The molecule has 2 heterocycles. The number of carbonyl (C=O) groups is 1. The molecule has 156 valence electrons. The molecule has 1 aliphatic rings. The molecular formula is C25H25N5O. The van der Waals surface area contributed by atoms with Crippen LogP contribution in [0.15, 0.2) is 72.8 Å². The van der Waals surface area contributed by atoms with Gasteiger partial charge in [-0.2, -0.15) is 0 Å². The Morgan fingerprint density at radius 2 is 1.71 bits per heavy atom. The second-order valence-electron chi connectivity index (χ2n) is 7.98. The maximum absolute atomic E-state index is 12.5. The van der Waals surface area contributed by atoms with E-state index >= 15 is 0 Å². The van der Waals surface area contributed by atoms with Crippen molar-refractivity contribution in [3.05, 3.63) is 95.1 Å². The molecule has 1 N–H and O–H groups in total. The first-order valence-corrected chi connectivity index (χ1v) is 10.7. The number of fused-ring (bicyclic) bond motifs is 2. The smallest absolute Gasteiger partial charge is 0.251 e. The van der Waals surface area contributed by atoms with Gasteiger partial charge in [-0.15, -0.1) is 5.10 Å². The molecule has 1 aliphatic heterocycles. The maximum Gasteiger partial charge on any atom is 0.251 e. The summed E-state index contributed by atoms with van der Waals surface area (Å²) >= 11 is 0. The van der Waals surface area contributed by atoms with E-state index in [1.165, 1.54) is 11.1 Å². The molecule has 6 heteroatoms. The van der Waals surface area contributed by atoms with E-state index in [1.807, 2.05) is 53.2 Å². The van der Waals surface area contributed by atoms with Crippen LogP contribution in [0.25, 0.3) is 11.0 Å². The lowest BCUT2D eigenvalue weighted by Crippen LogP contribution is -2.37. The van der Waals surface area contributed by atoms with Crippen LogP contribution in [0.3, 0.4) is 0 Å². The number of nitrogens with zero attached hydrogens (tertiary/aromatic N) is 4. The number of aromatic nitrogens is 3. The van der Waals surface area contributed by atoms with Crippen molar-refractivity contribution in [2.24, 2.45) is 0 Å². The highest BCUT2D eigenvalue weighted by Gasteiger charge is 2.15. The van der Waals surface area contributed by atoms with Gasteiger partial charge in [-0.05, 0) is 47.4 Å². The average Bonchev–Trinajstić information content (AvgIpc) is 3.22. The summed E-state index contributed by atoms with van der Waals surface area (Å²) in [5, 5.41) is 11.5. The fraction of sp³-hybridized carbons (Fsp3) is 0.240. The van der Waals surface area contributed by atoms with Crippen LogP contribution in [0, 0.1) is 0 Å². The second-order valence-corrected chi connectivity index (χ2v) is 7.98. The molecule has 31 heavy (non-hydrogen) atoms. The zero-order valence-electron chi connectivity index (χ0n) is 17.4. The normalized spacial score (nSPS) is 13.8. The summed E-state index contributed by atoms with van der Waals surface area (Å²) in [6, 6.07) is 24.2. The number of benzene rings is 3. The highest BCUT2D eigenvalue weighted by Crippen LogP contribution is 2.18. The van der Waals surface area contributed by atoms with Gasteiger partial charge >= 0.3 is 0 Å². The van der Waals surface area contributed by atoms with Crippen LogP contribution in [0.1, 0.15) is 27.0 Å². The molecule has 1 aromatic heterocycles. The molecule has 0 unspecified atom stereocenters. The Kier molecular flexibility index (Phi) is 5.46. The Morgan fingerprint density at radius 3 is 2.58 bits per heavy atom. The molecule has 0 saturated carbocycles. The average molecular weight is 412 g/mol. The minimum atomic E-state index is -0.0323. The minimum Gasteiger partial charge on any atom is -0.351 e. The van der Waals surface area contributed by atoms with Crippen LogP contribution in [0.4, 0.5) is 0 Å². The molecule has 5 rings (SSSR count). The summed E-state index contributed by atoms with van der Waals surface area (Å²) in [6.07, 6.45) is 1.08. The van der Waals surface area contributed by atoms with E-state index in [-0.39, 0.29) is 5.91 Å². The first-order valence-electron chi connectivity index (χ1n) is 10.7. The van der Waals surface area contributed by atoms with Crippen molar-refractivity contribution in [3.63, 3.8) is 0 Å². The van der Waals surface area contributed by atoms with Crippen LogP contribution in [0.2, 0.25) is 0 Å². The van der Waals surface area contributed by atoms with Crippen molar-refractivity contribution in [1.82, 2.24) is 25.2 Å². The van der Waals surface area contributed by atoms with Gasteiger partial charge in [0.1, 0.15) is 5.52 Å². The lowest BCUT2D eigenvalue weighted by molar-refractivity contribution is 0.0947. The fourth-order valence-electron chi connectivity index (χ4n) is 4.14. The van der Waals surface area contributed by atoms with Gasteiger partial charge in [0.25, 0.3) is 5.91 Å². The van der Waals surface area contributed by atoms with Crippen molar-refractivity contribution >= 4 is 16.9 Å². The van der Waals surface area contributed by atoms with Crippen molar-refractivity contribution in [1.29, 1.82) is 0 Å². The summed E-state index contributed by atoms with van der Waals surface area (Å²) in [7, 11) is 0. The summed E-state index contributed by atoms with van der Waals surface area (Å²) in [5.41, 5.74) is 6.49. The van der Waals surface area contributed by atoms with Gasteiger partial charge in [-0.25, -0.2) is 4.68 Å². The summed E-state index contributed by atoms with van der Waals surface area (Å²) in [4.78, 5) is 14.9. The van der Waals surface area contributed by atoms with Gasteiger partial charge in [0.05, 0.1) is 12.1 Å². The molecular weight excluding hydrogens is 386 g/mol. The predicted molar refractivity (Wildman–Crippen MR) is 121 cm³/mol. The number of para-hydroxylation sites is 1. The third-order valence-electron chi connectivity index (χ3n) is 5.89.